The summed E-state index contributed by atoms with van der Waals surface area (Å²) in [5.74, 6) is -0.143. The van der Waals surface area contributed by atoms with Crippen molar-refractivity contribution in [3.05, 3.63) is 60.7 Å². The zero-order valence-electron chi connectivity index (χ0n) is 21.5. The molecular weight excluding hydrogens is 444 g/mol. The molecule has 0 aliphatic rings. The molecule has 2 rings (SSSR count). The third kappa shape index (κ3) is 7.85. The highest BCUT2D eigenvalue weighted by Gasteiger charge is 2.50. The molecule has 0 saturated carbocycles. The summed E-state index contributed by atoms with van der Waals surface area (Å²) >= 11 is 0. The molecule has 0 saturated heterocycles. The fourth-order valence-corrected chi connectivity index (χ4v) is 8.83. The predicted octanol–water partition coefficient (Wildman–Crippen LogP) is 4.58. The van der Waals surface area contributed by atoms with Gasteiger partial charge in [0.2, 0.25) is 0 Å². The molecule has 0 spiro atoms. The molecule has 34 heavy (non-hydrogen) atoms. The number of Topliss-reactive ketones (excluding diaryl/α,β-unsaturated/α-hetero) is 1. The third-order valence-electron chi connectivity index (χ3n) is 6.07. The lowest BCUT2D eigenvalue weighted by Gasteiger charge is -2.43. The van der Waals surface area contributed by atoms with Crippen LogP contribution in [0.1, 0.15) is 47.0 Å². The molecule has 0 aliphatic carbocycles. The Labute approximate surface area is 206 Å². The van der Waals surface area contributed by atoms with Gasteiger partial charge in [-0.25, -0.2) is 0 Å². The molecular formula is C28H42O5Si. The van der Waals surface area contributed by atoms with E-state index in [-0.39, 0.29) is 30.1 Å². The lowest BCUT2D eigenvalue weighted by Crippen LogP contribution is -2.67. The minimum absolute atomic E-state index is 0.139. The average Bonchev–Trinajstić information content (AvgIpc) is 2.84. The van der Waals surface area contributed by atoms with Crippen LogP contribution in [0.3, 0.4) is 0 Å². The molecule has 0 aliphatic heterocycles. The maximum Gasteiger partial charge on any atom is 0.261 e. The topological polar surface area (TPSA) is 54.0 Å². The largest absolute Gasteiger partial charge is 0.407 e. The van der Waals surface area contributed by atoms with Gasteiger partial charge < -0.3 is 18.6 Å². The van der Waals surface area contributed by atoms with Gasteiger partial charge in [-0.05, 0) is 21.8 Å². The number of rotatable bonds is 16. The van der Waals surface area contributed by atoms with E-state index in [1.54, 1.807) is 7.11 Å². The van der Waals surface area contributed by atoms with E-state index in [0.717, 1.165) is 12.8 Å². The van der Waals surface area contributed by atoms with Crippen LogP contribution in [-0.2, 0) is 23.4 Å². The van der Waals surface area contributed by atoms with Gasteiger partial charge in [0, 0.05) is 20.1 Å². The van der Waals surface area contributed by atoms with E-state index in [9.17, 15) is 4.79 Å². The van der Waals surface area contributed by atoms with Gasteiger partial charge in [0.05, 0.1) is 25.7 Å². The van der Waals surface area contributed by atoms with Crippen LogP contribution in [0.25, 0.3) is 0 Å². The van der Waals surface area contributed by atoms with Crippen LogP contribution < -0.4 is 10.4 Å². The molecule has 6 heteroatoms. The zero-order valence-corrected chi connectivity index (χ0v) is 22.5. The number of unbranched alkanes of at least 4 members (excludes halogenated alkanes) is 1. The van der Waals surface area contributed by atoms with E-state index in [0.29, 0.717) is 26.2 Å². The van der Waals surface area contributed by atoms with Gasteiger partial charge in [0.25, 0.3) is 8.32 Å². The van der Waals surface area contributed by atoms with E-state index in [1.807, 2.05) is 12.1 Å². The van der Waals surface area contributed by atoms with Crippen LogP contribution in [-0.4, -0.2) is 54.4 Å². The lowest BCUT2D eigenvalue weighted by atomic mass is 10.0. The van der Waals surface area contributed by atoms with E-state index >= 15 is 0 Å². The first-order chi connectivity index (χ1) is 16.4. The second-order valence-electron chi connectivity index (χ2n) is 9.63. The monoisotopic (exact) mass is 486 g/mol. The van der Waals surface area contributed by atoms with Crippen molar-refractivity contribution >= 4 is 24.5 Å². The number of benzene rings is 2. The van der Waals surface area contributed by atoms with Gasteiger partial charge in [-0.2, -0.15) is 0 Å². The Morgan fingerprint density at radius 2 is 1.47 bits per heavy atom. The van der Waals surface area contributed by atoms with E-state index in [2.05, 4.69) is 76.2 Å². The second kappa shape index (κ2) is 14.5. The number of ether oxygens (including phenoxy) is 3. The Hall–Kier alpha value is -1.83. The van der Waals surface area contributed by atoms with Crippen LogP contribution in [0.15, 0.2) is 60.7 Å². The average molecular weight is 487 g/mol. The van der Waals surface area contributed by atoms with Crippen LogP contribution in [0.5, 0.6) is 0 Å². The van der Waals surface area contributed by atoms with Gasteiger partial charge >= 0.3 is 0 Å². The summed E-state index contributed by atoms with van der Waals surface area (Å²) in [6, 6.07) is 21.0. The van der Waals surface area contributed by atoms with Crippen molar-refractivity contribution in [1.29, 1.82) is 0 Å². The molecule has 0 unspecified atom stereocenters. The minimum atomic E-state index is -2.71. The SMILES string of the molecule is CCCCC(=O)[C@@H](COCOCCOC)CO[Si](c1ccccc1)(c1ccccc1)C(C)(C)C. The zero-order chi connectivity index (χ0) is 24.9. The van der Waals surface area contributed by atoms with E-state index < -0.39 is 8.32 Å². The highest BCUT2D eigenvalue weighted by Crippen LogP contribution is 2.37. The Morgan fingerprint density at radius 1 is 0.882 bits per heavy atom. The van der Waals surface area contributed by atoms with Crippen molar-refractivity contribution in [2.24, 2.45) is 5.92 Å². The summed E-state index contributed by atoms with van der Waals surface area (Å²) < 4.78 is 23.2. The summed E-state index contributed by atoms with van der Waals surface area (Å²) in [6.45, 7) is 10.6. The van der Waals surface area contributed by atoms with Crippen molar-refractivity contribution in [2.45, 2.75) is 52.0 Å². The normalized spacial score (nSPS) is 13.1. The second-order valence-corrected chi connectivity index (χ2v) is 13.9. The molecule has 5 nitrogen and oxygen atoms in total. The highest BCUT2D eigenvalue weighted by molar-refractivity contribution is 6.99. The van der Waals surface area contributed by atoms with Crippen molar-refractivity contribution in [1.82, 2.24) is 0 Å². The summed E-state index contributed by atoms with van der Waals surface area (Å²) in [6.07, 6.45) is 2.40. The summed E-state index contributed by atoms with van der Waals surface area (Å²) in [5, 5.41) is 2.27. The molecule has 0 radical (unpaired) electrons. The molecule has 1 atom stereocenters. The quantitative estimate of drug-likeness (QED) is 0.198. The molecule has 0 heterocycles. The lowest BCUT2D eigenvalue weighted by molar-refractivity contribution is -0.130. The summed E-state index contributed by atoms with van der Waals surface area (Å²) in [5.41, 5.74) is 0. The first kappa shape index (κ1) is 28.4. The standard InChI is InChI=1S/C28H42O5Si/c1-6-7-18-27(29)24(21-32-23-31-20-19-30-5)22-33-34(28(2,3)4,25-14-10-8-11-15-25)26-16-12-9-13-17-26/h8-17,24H,6-7,18-23H2,1-5H3/t24-/m0/s1. The fraction of sp³-hybridized carbons (Fsp3) is 0.536. The van der Waals surface area contributed by atoms with E-state index in [1.165, 1.54) is 10.4 Å². The van der Waals surface area contributed by atoms with Crippen LogP contribution in [0, 0.1) is 5.92 Å². The first-order valence-electron chi connectivity index (χ1n) is 12.3. The first-order valence-corrected chi connectivity index (χ1v) is 14.2. The Bertz CT molecular complexity index is 780. The van der Waals surface area contributed by atoms with Gasteiger partial charge in [-0.3, -0.25) is 4.79 Å². The summed E-state index contributed by atoms with van der Waals surface area (Å²) in [7, 11) is -1.08. The van der Waals surface area contributed by atoms with Crippen molar-refractivity contribution in [2.75, 3.05) is 40.3 Å². The van der Waals surface area contributed by atoms with Gasteiger partial charge in [-0.1, -0.05) is 94.8 Å². The van der Waals surface area contributed by atoms with Crippen molar-refractivity contribution in [3.63, 3.8) is 0 Å². The Morgan fingerprint density at radius 3 is 1.97 bits per heavy atom. The molecule has 0 bridgehead atoms. The molecule has 0 N–H and O–H groups in total. The molecule has 188 valence electrons. The number of carbonyl (C=O) groups excluding carboxylic acids is 1. The van der Waals surface area contributed by atoms with Crippen LogP contribution in [0.2, 0.25) is 5.04 Å². The number of carbonyl (C=O) groups is 1. The maximum absolute atomic E-state index is 13.1. The van der Waals surface area contributed by atoms with Crippen LogP contribution >= 0.6 is 0 Å². The minimum Gasteiger partial charge on any atom is -0.407 e. The third-order valence-corrected chi connectivity index (χ3v) is 11.1. The number of methoxy groups -OCH3 is 1. The Balaban J connectivity index is 2.30. The highest BCUT2D eigenvalue weighted by atomic mass is 28.4. The molecule has 0 aromatic heterocycles. The molecule has 0 amide bonds. The molecule has 2 aromatic carbocycles. The van der Waals surface area contributed by atoms with Gasteiger partial charge in [0.1, 0.15) is 12.6 Å². The van der Waals surface area contributed by atoms with E-state index in [4.69, 9.17) is 18.6 Å². The van der Waals surface area contributed by atoms with Gasteiger partial charge in [0.15, 0.2) is 0 Å². The van der Waals surface area contributed by atoms with Gasteiger partial charge in [-0.15, -0.1) is 0 Å². The van der Waals surface area contributed by atoms with Crippen molar-refractivity contribution in [3.8, 4) is 0 Å². The number of hydrogen-bond acceptors (Lipinski definition) is 5. The predicted molar refractivity (Wildman–Crippen MR) is 140 cm³/mol. The maximum atomic E-state index is 13.1. The molecule has 0 fully saturated rings. The van der Waals surface area contributed by atoms with Crippen molar-refractivity contribution < 1.29 is 23.4 Å². The fourth-order valence-electron chi connectivity index (χ4n) is 4.23. The smallest absolute Gasteiger partial charge is 0.261 e. The molecule has 2 aromatic rings. The number of hydrogen-bond donors (Lipinski definition) is 0. The number of ketones is 1. The Kier molecular flexibility index (Phi) is 12.1. The summed E-state index contributed by atoms with van der Waals surface area (Å²) in [4.78, 5) is 13.1. The van der Waals surface area contributed by atoms with Crippen LogP contribution in [0.4, 0.5) is 0 Å².